The summed E-state index contributed by atoms with van der Waals surface area (Å²) in [5.41, 5.74) is 2.96. The molecule has 32 heavy (non-hydrogen) atoms. The van der Waals surface area contributed by atoms with E-state index in [2.05, 4.69) is 9.72 Å². The molecule has 0 unspecified atom stereocenters. The number of hydrogen-bond donors (Lipinski definition) is 0. The SMILES string of the molecule is Cc1ccc(OS(=O)(=O)c2ccccc2OC(F)(F)F)c(-c2nc3c(C)cccc3o2)c1. The van der Waals surface area contributed by atoms with Gasteiger partial charge >= 0.3 is 16.5 Å². The number of para-hydroxylation sites is 2. The number of hydrogen-bond acceptors (Lipinski definition) is 6. The first kappa shape index (κ1) is 21.7. The van der Waals surface area contributed by atoms with E-state index < -0.39 is 27.1 Å². The number of alkyl halides is 3. The molecule has 3 aromatic carbocycles. The van der Waals surface area contributed by atoms with Crippen molar-refractivity contribution in [3.05, 3.63) is 71.8 Å². The third-order valence-corrected chi connectivity index (χ3v) is 5.80. The second-order valence-corrected chi connectivity index (χ2v) is 8.49. The van der Waals surface area contributed by atoms with Gasteiger partial charge in [0.25, 0.3) is 0 Å². The molecule has 1 heterocycles. The molecular weight excluding hydrogens is 447 g/mol. The number of oxazole rings is 1. The molecule has 4 aromatic rings. The normalized spacial score (nSPS) is 12.2. The van der Waals surface area contributed by atoms with Crippen molar-refractivity contribution < 1.29 is 34.9 Å². The topological polar surface area (TPSA) is 78.6 Å². The lowest BCUT2D eigenvalue weighted by molar-refractivity contribution is -0.275. The summed E-state index contributed by atoms with van der Waals surface area (Å²) in [5, 5.41) is 0. The first-order chi connectivity index (χ1) is 15.0. The third-order valence-electron chi connectivity index (χ3n) is 4.53. The Hall–Kier alpha value is -3.53. The summed E-state index contributed by atoms with van der Waals surface area (Å²) in [5.74, 6) is -0.934. The predicted octanol–water partition coefficient (Wildman–Crippen LogP) is 5.78. The molecule has 0 aliphatic carbocycles. The van der Waals surface area contributed by atoms with E-state index in [1.165, 1.54) is 18.2 Å². The van der Waals surface area contributed by atoms with Crippen LogP contribution in [0.3, 0.4) is 0 Å². The third kappa shape index (κ3) is 4.40. The van der Waals surface area contributed by atoms with Crippen LogP contribution in [0.4, 0.5) is 13.2 Å². The molecule has 6 nitrogen and oxygen atoms in total. The number of fused-ring (bicyclic) bond motifs is 1. The van der Waals surface area contributed by atoms with Crippen molar-refractivity contribution in [1.82, 2.24) is 4.98 Å². The average Bonchev–Trinajstić information content (AvgIpc) is 3.14. The van der Waals surface area contributed by atoms with Crippen LogP contribution in [-0.4, -0.2) is 19.8 Å². The molecule has 0 saturated carbocycles. The van der Waals surface area contributed by atoms with E-state index in [4.69, 9.17) is 8.60 Å². The molecule has 0 saturated heterocycles. The fraction of sp³-hybridized carbons (Fsp3) is 0.136. The van der Waals surface area contributed by atoms with Gasteiger partial charge in [-0.15, -0.1) is 13.2 Å². The van der Waals surface area contributed by atoms with E-state index in [1.54, 1.807) is 31.2 Å². The maximum atomic E-state index is 12.9. The first-order valence-electron chi connectivity index (χ1n) is 9.30. The Morgan fingerprint density at radius 2 is 1.69 bits per heavy atom. The second kappa shape index (κ2) is 7.86. The van der Waals surface area contributed by atoms with Crippen LogP contribution in [0, 0.1) is 13.8 Å². The van der Waals surface area contributed by atoms with Crippen molar-refractivity contribution in [2.45, 2.75) is 25.1 Å². The van der Waals surface area contributed by atoms with Crippen LogP contribution in [0.2, 0.25) is 0 Å². The van der Waals surface area contributed by atoms with E-state index in [1.807, 2.05) is 13.0 Å². The van der Waals surface area contributed by atoms with Gasteiger partial charge in [-0.05, 0) is 49.7 Å². The molecule has 166 valence electrons. The van der Waals surface area contributed by atoms with E-state index in [9.17, 15) is 21.6 Å². The molecule has 10 heteroatoms. The van der Waals surface area contributed by atoms with E-state index in [0.29, 0.717) is 11.1 Å². The van der Waals surface area contributed by atoms with Gasteiger partial charge < -0.3 is 13.3 Å². The minimum Gasteiger partial charge on any atom is -0.436 e. The number of aromatic nitrogens is 1. The molecule has 0 bridgehead atoms. The molecule has 0 aliphatic rings. The van der Waals surface area contributed by atoms with Crippen LogP contribution in [0.15, 0.2) is 70.0 Å². The lowest BCUT2D eigenvalue weighted by atomic mass is 10.1. The largest absolute Gasteiger partial charge is 0.573 e. The standard InChI is InChI=1S/C22H16F3NO5S/c1-13-10-11-16(15(12-13)21-26-20-14(2)6-5-8-18(20)29-21)31-32(27,28)19-9-4-3-7-17(19)30-22(23,24)25/h3-12H,1-2H3. The van der Waals surface area contributed by atoms with Crippen molar-refractivity contribution in [3.63, 3.8) is 0 Å². The number of halogens is 3. The maximum Gasteiger partial charge on any atom is 0.573 e. The molecule has 0 fully saturated rings. The molecule has 1 aromatic heterocycles. The molecule has 0 amide bonds. The van der Waals surface area contributed by atoms with Gasteiger partial charge in [0.05, 0.1) is 5.56 Å². The van der Waals surface area contributed by atoms with Gasteiger partial charge in [-0.1, -0.05) is 35.9 Å². The Balaban J connectivity index is 1.78. The van der Waals surface area contributed by atoms with Crippen molar-refractivity contribution in [2.24, 2.45) is 0 Å². The van der Waals surface area contributed by atoms with Gasteiger partial charge in [-0.25, -0.2) is 4.98 Å². The van der Waals surface area contributed by atoms with E-state index in [-0.39, 0.29) is 17.2 Å². The van der Waals surface area contributed by atoms with Crippen molar-refractivity contribution >= 4 is 21.2 Å². The number of rotatable bonds is 5. The van der Waals surface area contributed by atoms with Crippen LogP contribution >= 0.6 is 0 Å². The zero-order chi connectivity index (χ0) is 23.1. The summed E-state index contributed by atoms with van der Waals surface area (Å²) in [6, 6.07) is 14.3. The smallest absolute Gasteiger partial charge is 0.436 e. The zero-order valence-corrected chi connectivity index (χ0v) is 17.6. The summed E-state index contributed by atoms with van der Waals surface area (Å²) in [7, 11) is -4.69. The van der Waals surface area contributed by atoms with Crippen LogP contribution in [-0.2, 0) is 10.1 Å². The van der Waals surface area contributed by atoms with Crippen molar-refractivity contribution in [2.75, 3.05) is 0 Å². The van der Waals surface area contributed by atoms with E-state index >= 15 is 0 Å². The molecule has 0 atom stereocenters. The lowest BCUT2D eigenvalue weighted by Crippen LogP contribution is -2.20. The van der Waals surface area contributed by atoms with Gasteiger partial charge in [0, 0.05) is 0 Å². The molecule has 4 rings (SSSR count). The number of benzene rings is 3. The summed E-state index contributed by atoms with van der Waals surface area (Å²) < 4.78 is 78.8. The van der Waals surface area contributed by atoms with Gasteiger partial charge in [0.1, 0.15) is 10.4 Å². The Labute approximate surface area is 181 Å². The van der Waals surface area contributed by atoms with Crippen LogP contribution in [0.5, 0.6) is 11.5 Å². The summed E-state index contributed by atoms with van der Waals surface area (Å²) in [6.07, 6.45) is -5.07. The van der Waals surface area contributed by atoms with E-state index in [0.717, 1.165) is 23.3 Å². The summed E-state index contributed by atoms with van der Waals surface area (Å²) in [6.45, 7) is 3.63. The molecule has 0 aliphatic heterocycles. The van der Waals surface area contributed by atoms with Crippen LogP contribution in [0.25, 0.3) is 22.6 Å². The Morgan fingerprint density at radius 1 is 0.938 bits per heavy atom. The van der Waals surface area contributed by atoms with Gasteiger partial charge in [-0.3, -0.25) is 0 Å². The highest BCUT2D eigenvalue weighted by Gasteiger charge is 2.34. The van der Waals surface area contributed by atoms with Crippen LogP contribution < -0.4 is 8.92 Å². The molecule has 0 spiro atoms. The summed E-state index contributed by atoms with van der Waals surface area (Å²) in [4.78, 5) is 3.67. The van der Waals surface area contributed by atoms with Crippen molar-refractivity contribution in [1.29, 1.82) is 0 Å². The number of aryl methyl sites for hydroxylation is 2. The monoisotopic (exact) mass is 463 g/mol. The van der Waals surface area contributed by atoms with Gasteiger partial charge in [0.2, 0.25) is 5.89 Å². The highest BCUT2D eigenvalue weighted by atomic mass is 32.2. The fourth-order valence-corrected chi connectivity index (χ4v) is 4.19. The minimum absolute atomic E-state index is 0.114. The van der Waals surface area contributed by atoms with Gasteiger partial charge in [0.15, 0.2) is 17.1 Å². The van der Waals surface area contributed by atoms with Gasteiger partial charge in [-0.2, -0.15) is 8.42 Å². The highest BCUT2D eigenvalue weighted by Crippen LogP contribution is 2.37. The Kier molecular flexibility index (Phi) is 5.33. The lowest BCUT2D eigenvalue weighted by Gasteiger charge is -2.15. The summed E-state index contributed by atoms with van der Waals surface area (Å²) >= 11 is 0. The number of ether oxygens (including phenoxy) is 1. The van der Waals surface area contributed by atoms with Crippen LogP contribution in [0.1, 0.15) is 11.1 Å². The molecule has 0 radical (unpaired) electrons. The zero-order valence-electron chi connectivity index (χ0n) is 16.8. The molecule has 0 N–H and O–H groups in total. The Morgan fingerprint density at radius 3 is 2.41 bits per heavy atom. The fourth-order valence-electron chi connectivity index (χ4n) is 3.11. The first-order valence-corrected chi connectivity index (χ1v) is 10.7. The number of nitrogens with zero attached hydrogens (tertiary/aromatic N) is 1. The minimum atomic E-state index is -5.07. The molecular formula is C22H16F3NO5S. The highest BCUT2D eigenvalue weighted by molar-refractivity contribution is 7.87. The van der Waals surface area contributed by atoms with Crippen molar-refractivity contribution in [3.8, 4) is 23.0 Å². The average molecular weight is 463 g/mol. The second-order valence-electron chi connectivity index (χ2n) is 6.97. The maximum absolute atomic E-state index is 12.9. The quantitative estimate of drug-likeness (QED) is 0.349. The Bertz CT molecular complexity index is 1410. The predicted molar refractivity (Wildman–Crippen MR) is 110 cm³/mol.